The van der Waals surface area contributed by atoms with Gasteiger partial charge >= 0.3 is 0 Å². The number of thioether (sulfide) groups is 1. The third-order valence-corrected chi connectivity index (χ3v) is 6.03. The Balaban J connectivity index is 1.65. The molecule has 0 aliphatic carbocycles. The number of nitrogens with one attached hydrogen (secondary N) is 1. The zero-order chi connectivity index (χ0) is 19.1. The van der Waals surface area contributed by atoms with E-state index < -0.39 is 0 Å². The number of benzene rings is 1. The van der Waals surface area contributed by atoms with Crippen LogP contribution >= 0.6 is 23.1 Å². The van der Waals surface area contributed by atoms with Gasteiger partial charge in [0.25, 0.3) is 0 Å². The maximum Gasteiger partial charge on any atom is 0.236 e. The molecule has 0 aliphatic rings. The van der Waals surface area contributed by atoms with Crippen molar-refractivity contribution >= 4 is 50.7 Å². The zero-order valence-electron chi connectivity index (χ0n) is 15.4. The van der Waals surface area contributed by atoms with Gasteiger partial charge in [-0.2, -0.15) is 0 Å². The second-order valence-corrected chi connectivity index (χ2v) is 8.55. The third kappa shape index (κ3) is 3.40. The summed E-state index contributed by atoms with van der Waals surface area (Å²) >= 11 is 2.71. The number of hydrogen-bond acceptors (Lipinski definition) is 7. The number of pyridine rings is 1. The topological polar surface area (TPSA) is 85.1 Å². The summed E-state index contributed by atoms with van der Waals surface area (Å²) in [5, 5.41) is 22.4. The summed E-state index contributed by atoms with van der Waals surface area (Å²) in [5.41, 5.74) is 5.37. The summed E-state index contributed by atoms with van der Waals surface area (Å²) < 4.78 is 2.03. The minimum atomic E-state index is -0.142. The number of nitrogens with zero attached hydrogens (tertiary/aromatic N) is 5. The molecule has 0 unspecified atom stereocenters. The molecular weight excluding hydrogens is 380 g/mol. The third-order valence-electron chi connectivity index (χ3n) is 4.35. The van der Waals surface area contributed by atoms with Crippen LogP contribution in [0.4, 0.5) is 5.13 Å². The van der Waals surface area contributed by atoms with Gasteiger partial charge in [-0.05, 0) is 68.0 Å². The molecule has 4 aromatic rings. The van der Waals surface area contributed by atoms with E-state index in [0.29, 0.717) is 10.3 Å². The largest absolute Gasteiger partial charge is 0.300 e. The first kappa shape index (κ1) is 17.9. The van der Waals surface area contributed by atoms with Crippen molar-refractivity contribution < 1.29 is 4.79 Å². The van der Waals surface area contributed by atoms with Crippen molar-refractivity contribution in [2.45, 2.75) is 32.9 Å². The lowest BCUT2D eigenvalue weighted by atomic mass is 10.0. The van der Waals surface area contributed by atoms with E-state index in [1.165, 1.54) is 34.2 Å². The number of fused-ring (bicyclic) bond motifs is 3. The van der Waals surface area contributed by atoms with E-state index in [4.69, 9.17) is 0 Å². The molecular formula is C18H18N6OS2. The highest BCUT2D eigenvalue weighted by molar-refractivity contribution is 7.99. The molecule has 0 radical (unpaired) electrons. The SMILES string of the molecule is Cc1nnc(NC(=O)CSc2nnc3c(C)cc4cc(C)c(C)cc4n23)s1. The summed E-state index contributed by atoms with van der Waals surface area (Å²) in [7, 11) is 0. The van der Waals surface area contributed by atoms with Crippen molar-refractivity contribution in [1.82, 2.24) is 24.8 Å². The van der Waals surface area contributed by atoms with E-state index in [1.54, 1.807) is 0 Å². The van der Waals surface area contributed by atoms with Crippen LogP contribution in [0.1, 0.15) is 21.7 Å². The lowest BCUT2D eigenvalue weighted by Crippen LogP contribution is -2.14. The van der Waals surface area contributed by atoms with E-state index >= 15 is 0 Å². The van der Waals surface area contributed by atoms with E-state index in [0.717, 1.165) is 27.1 Å². The van der Waals surface area contributed by atoms with Crippen molar-refractivity contribution in [3.63, 3.8) is 0 Å². The first-order chi connectivity index (χ1) is 12.9. The molecule has 1 N–H and O–H groups in total. The molecule has 7 nitrogen and oxygen atoms in total. The number of aromatic nitrogens is 5. The molecule has 1 aromatic carbocycles. The summed E-state index contributed by atoms with van der Waals surface area (Å²) in [6.45, 7) is 8.07. The minimum absolute atomic E-state index is 0.142. The lowest BCUT2D eigenvalue weighted by molar-refractivity contribution is -0.113. The van der Waals surface area contributed by atoms with Crippen molar-refractivity contribution in [3.8, 4) is 0 Å². The van der Waals surface area contributed by atoms with E-state index in [-0.39, 0.29) is 11.7 Å². The number of anilines is 1. The quantitative estimate of drug-likeness (QED) is 0.528. The fraction of sp³-hybridized carbons (Fsp3) is 0.278. The highest BCUT2D eigenvalue weighted by Crippen LogP contribution is 2.27. The standard InChI is InChI=1S/C18H18N6OS2/c1-9-5-13-6-11(3)16-21-23-18(24(16)14(13)7-10(9)2)26-8-15(25)19-17-22-20-12(4)27-17/h5-7H,8H2,1-4H3,(H,19,22,25). The number of carbonyl (C=O) groups is 1. The van der Waals surface area contributed by atoms with Gasteiger partial charge in [0.2, 0.25) is 11.0 Å². The van der Waals surface area contributed by atoms with E-state index in [2.05, 4.69) is 57.8 Å². The first-order valence-corrected chi connectivity index (χ1v) is 10.2. The zero-order valence-corrected chi connectivity index (χ0v) is 17.0. The predicted molar refractivity (Wildman–Crippen MR) is 109 cm³/mol. The van der Waals surface area contributed by atoms with Gasteiger partial charge in [0.1, 0.15) is 5.01 Å². The Morgan fingerprint density at radius 3 is 2.52 bits per heavy atom. The van der Waals surface area contributed by atoms with Gasteiger partial charge in [0, 0.05) is 0 Å². The van der Waals surface area contributed by atoms with Crippen molar-refractivity contribution in [3.05, 3.63) is 39.9 Å². The molecule has 3 aromatic heterocycles. The number of hydrogen-bond donors (Lipinski definition) is 1. The molecule has 0 atom stereocenters. The Labute approximate surface area is 164 Å². The maximum atomic E-state index is 12.2. The molecule has 0 saturated carbocycles. The highest BCUT2D eigenvalue weighted by Gasteiger charge is 2.15. The van der Waals surface area contributed by atoms with E-state index in [9.17, 15) is 4.79 Å². The molecule has 9 heteroatoms. The molecule has 0 bridgehead atoms. The predicted octanol–water partition coefficient (Wildman–Crippen LogP) is 3.70. The first-order valence-electron chi connectivity index (χ1n) is 8.41. The number of aryl methyl sites for hydroxylation is 4. The Morgan fingerprint density at radius 2 is 1.78 bits per heavy atom. The van der Waals surface area contributed by atoms with Crippen molar-refractivity contribution in [2.75, 3.05) is 11.1 Å². The number of rotatable bonds is 4. The van der Waals surface area contributed by atoms with Crippen LogP contribution in [0.3, 0.4) is 0 Å². The fourth-order valence-electron chi connectivity index (χ4n) is 2.90. The number of amides is 1. The molecule has 27 heavy (non-hydrogen) atoms. The molecule has 1 amide bonds. The molecule has 138 valence electrons. The van der Waals surface area contributed by atoms with E-state index in [1.807, 2.05) is 18.2 Å². The Bertz CT molecular complexity index is 1180. The number of carbonyl (C=O) groups excluding carboxylic acids is 1. The Kier molecular flexibility index (Phi) is 4.56. The molecule has 4 rings (SSSR count). The molecule has 0 saturated heterocycles. The Hall–Kier alpha value is -2.52. The summed E-state index contributed by atoms with van der Waals surface area (Å²) in [6.07, 6.45) is 0. The van der Waals surface area contributed by atoms with Crippen LogP contribution in [-0.2, 0) is 4.79 Å². The van der Waals surface area contributed by atoms with Gasteiger partial charge in [-0.3, -0.25) is 14.5 Å². The smallest absolute Gasteiger partial charge is 0.236 e. The Morgan fingerprint density at radius 1 is 1.04 bits per heavy atom. The molecule has 3 heterocycles. The summed E-state index contributed by atoms with van der Waals surface area (Å²) in [4.78, 5) is 12.2. The monoisotopic (exact) mass is 398 g/mol. The summed E-state index contributed by atoms with van der Waals surface area (Å²) in [6, 6.07) is 6.45. The van der Waals surface area contributed by atoms with Crippen LogP contribution in [0, 0.1) is 27.7 Å². The van der Waals surface area contributed by atoms with Crippen LogP contribution in [0.5, 0.6) is 0 Å². The minimum Gasteiger partial charge on any atom is -0.300 e. The van der Waals surface area contributed by atoms with Gasteiger partial charge in [0.15, 0.2) is 10.8 Å². The normalized spacial score (nSPS) is 11.4. The van der Waals surface area contributed by atoms with Gasteiger partial charge in [-0.15, -0.1) is 20.4 Å². The van der Waals surface area contributed by atoms with Gasteiger partial charge < -0.3 is 0 Å². The van der Waals surface area contributed by atoms with Crippen molar-refractivity contribution in [2.24, 2.45) is 0 Å². The van der Waals surface area contributed by atoms with Crippen molar-refractivity contribution in [1.29, 1.82) is 0 Å². The van der Waals surface area contributed by atoms with Crippen LogP contribution < -0.4 is 5.32 Å². The molecule has 0 spiro atoms. The lowest BCUT2D eigenvalue weighted by Gasteiger charge is -2.09. The second-order valence-electron chi connectivity index (χ2n) is 6.43. The van der Waals surface area contributed by atoms with Crippen LogP contribution in [0.25, 0.3) is 16.6 Å². The van der Waals surface area contributed by atoms with Gasteiger partial charge in [-0.25, -0.2) is 0 Å². The average Bonchev–Trinajstić information content (AvgIpc) is 3.22. The van der Waals surface area contributed by atoms with Crippen LogP contribution in [0.15, 0.2) is 23.4 Å². The second kappa shape index (κ2) is 6.90. The molecule has 0 aliphatic heterocycles. The average molecular weight is 399 g/mol. The molecule has 0 fully saturated rings. The van der Waals surface area contributed by atoms with Gasteiger partial charge in [-0.1, -0.05) is 23.1 Å². The maximum absolute atomic E-state index is 12.2. The van der Waals surface area contributed by atoms with Crippen LogP contribution in [-0.4, -0.2) is 36.5 Å². The summed E-state index contributed by atoms with van der Waals surface area (Å²) in [5.74, 6) is 0.0801. The highest BCUT2D eigenvalue weighted by atomic mass is 32.2. The van der Waals surface area contributed by atoms with Gasteiger partial charge in [0.05, 0.1) is 11.3 Å². The fourth-order valence-corrected chi connectivity index (χ4v) is 4.25. The van der Waals surface area contributed by atoms with Crippen LogP contribution in [0.2, 0.25) is 0 Å².